The Bertz CT molecular complexity index is 440. The molecule has 1 N–H and O–H groups in total. The van der Waals surface area contributed by atoms with Crippen LogP contribution in [0.25, 0.3) is 0 Å². The normalized spacial score (nSPS) is 10.3. The maximum Gasteiger partial charge on any atom is 0.128 e. The lowest BCUT2D eigenvalue weighted by Gasteiger charge is -2.07. The van der Waals surface area contributed by atoms with E-state index in [4.69, 9.17) is 4.52 Å². The number of benzene rings is 1. The zero-order valence-electron chi connectivity index (χ0n) is 8.33. The molecule has 3 nitrogen and oxygen atoms in total. The van der Waals surface area contributed by atoms with Crippen LogP contribution in [0.4, 0.5) is 10.1 Å². The van der Waals surface area contributed by atoms with Crippen LogP contribution >= 0.6 is 0 Å². The van der Waals surface area contributed by atoms with Crippen molar-refractivity contribution in [2.45, 2.75) is 13.5 Å². The molecule has 1 heterocycles. The first-order valence-corrected chi connectivity index (χ1v) is 4.64. The van der Waals surface area contributed by atoms with Gasteiger partial charge in [0.1, 0.15) is 12.1 Å². The Morgan fingerprint density at radius 1 is 1.47 bits per heavy atom. The molecule has 1 aromatic carbocycles. The van der Waals surface area contributed by atoms with E-state index in [1.807, 2.05) is 6.92 Å². The number of anilines is 1. The van der Waals surface area contributed by atoms with Gasteiger partial charge in [0.05, 0.1) is 6.20 Å². The lowest BCUT2D eigenvalue weighted by molar-refractivity contribution is 0.419. The van der Waals surface area contributed by atoms with E-state index in [1.54, 1.807) is 18.5 Å². The molecule has 0 bridgehead atoms. The van der Waals surface area contributed by atoms with Crippen molar-refractivity contribution in [2.24, 2.45) is 0 Å². The Hall–Kier alpha value is -1.84. The van der Waals surface area contributed by atoms with Gasteiger partial charge in [-0.3, -0.25) is 0 Å². The average molecular weight is 206 g/mol. The summed E-state index contributed by atoms with van der Waals surface area (Å²) in [5, 5.41) is 6.77. The van der Waals surface area contributed by atoms with Crippen LogP contribution in [0.3, 0.4) is 0 Å². The Morgan fingerprint density at radius 2 is 2.33 bits per heavy atom. The molecule has 0 saturated carbocycles. The first-order valence-electron chi connectivity index (χ1n) is 4.64. The molecule has 0 aliphatic rings. The molecule has 15 heavy (non-hydrogen) atoms. The van der Waals surface area contributed by atoms with E-state index < -0.39 is 0 Å². The molecule has 78 valence electrons. The predicted octanol–water partition coefficient (Wildman–Crippen LogP) is 2.73. The van der Waals surface area contributed by atoms with Crippen molar-refractivity contribution in [3.05, 3.63) is 47.6 Å². The minimum atomic E-state index is -0.219. The largest absolute Gasteiger partial charge is 0.381 e. The number of hydrogen-bond donors (Lipinski definition) is 1. The lowest BCUT2D eigenvalue weighted by Crippen LogP contribution is -2.00. The Balaban J connectivity index is 2.05. The summed E-state index contributed by atoms with van der Waals surface area (Å²) in [6, 6.07) is 4.65. The second-order valence-electron chi connectivity index (χ2n) is 3.35. The summed E-state index contributed by atoms with van der Waals surface area (Å²) < 4.78 is 17.5. The van der Waals surface area contributed by atoms with Gasteiger partial charge in [-0.2, -0.15) is 0 Å². The summed E-state index contributed by atoms with van der Waals surface area (Å²) in [7, 11) is 0. The first-order chi connectivity index (χ1) is 7.25. The van der Waals surface area contributed by atoms with Crippen LogP contribution < -0.4 is 5.32 Å². The van der Waals surface area contributed by atoms with Crippen molar-refractivity contribution in [2.75, 3.05) is 5.32 Å². The molecular weight excluding hydrogens is 195 g/mol. The third kappa shape index (κ3) is 2.34. The summed E-state index contributed by atoms with van der Waals surface area (Å²) in [4.78, 5) is 0. The fourth-order valence-electron chi connectivity index (χ4n) is 1.34. The maximum atomic E-state index is 12.8. The maximum absolute atomic E-state index is 12.8. The van der Waals surface area contributed by atoms with Crippen molar-refractivity contribution < 1.29 is 8.91 Å². The molecule has 2 rings (SSSR count). The highest BCUT2D eigenvalue weighted by atomic mass is 19.1. The van der Waals surface area contributed by atoms with Gasteiger partial charge in [-0.1, -0.05) is 5.16 Å². The molecule has 1 aromatic heterocycles. The Morgan fingerprint density at radius 3 is 3.00 bits per heavy atom. The molecule has 0 atom stereocenters. The van der Waals surface area contributed by atoms with Crippen molar-refractivity contribution >= 4 is 5.69 Å². The molecule has 0 amide bonds. The van der Waals surface area contributed by atoms with Crippen molar-refractivity contribution in [1.82, 2.24) is 5.16 Å². The molecule has 0 fully saturated rings. The first kappa shape index (κ1) is 9.71. The van der Waals surface area contributed by atoms with E-state index in [-0.39, 0.29) is 5.82 Å². The predicted molar refractivity (Wildman–Crippen MR) is 55.0 cm³/mol. The fraction of sp³-hybridized carbons (Fsp3) is 0.182. The van der Waals surface area contributed by atoms with Crippen LogP contribution in [0.2, 0.25) is 0 Å². The standard InChI is InChI=1S/C11H11FN2O/c1-8-4-10(12)2-3-11(8)13-5-9-6-14-15-7-9/h2-4,6-7,13H,5H2,1H3. The van der Waals surface area contributed by atoms with E-state index in [0.29, 0.717) is 6.54 Å². The Labute approximate surface area is 86.9 Å². The van der Waals surface area contributed by atoms with E-state index in [1.165, 1.54) is 12.1 Å². The molecule has 4 heteroatoms. The zero-order valence-corrected chi connectivity index (χ0v) is 8.33. The SMILES string of the molecule is Cc1cc(F)ccc1NCc1cnoc1. The van der Waals surface area contributed by atoms with E-state index >= 15 is 0 Å². The minimum absolute atomic E-state index is 0.219. The van der Waals surface area contributed by atoms with Crippen LogP contribution in [0.15, 0.2) is 35.2 Å². The van der Waals surface area contributed by atoms with Gasteiger partial charge in [-0.25, -0.2) is 4.39 Å². The van der Waals surface area contributed by atoms with E-state index in [9.17, 15) is 4.39 Å². The van der Waals surface area contributed by atoms with Crippen LogP contribution in [0, 0.1) is 12.7 Å². The zero-order chi connectivity index (χ0) is 10.7. The molecule has 0 radical (unpaired) electrons. The van der Waals surface area contributed by atoms with Gasteiger partial charge < -0.3 is 9.84 Å². The second kappa shape index (κ2) is 4.13. The number of halogens is 1. The van der Waals surface area contributed by atoms with Crippen LogP contribution in [0.1, 0.15) is 11.1 Å². The number of aryl methyl sites for hydroxylation is 1. The van der Waals surface area contributed by atoms with Gasteiger partial charge in [0.2, 0.25) is 0 Å². The van der Waals surface area contributed by atoms with Gasteiger partial charge in [0.25, 0.3) is 0 Å². The third-order valence-electron chi connectivity index (χ3n) is 2.15. The van der Waals surface area contributed by atoms with Crippen molar-refractivity contribution in [3.63, 3.8) is 0 Å². The molecule has 0 saturated heterocycles. The van der Waals surface area contributed by atoms with Crippen molar-refractivity contribution in [3.8, 4) is 0 Å². The summed E-state index contributed by atoms with van der Waals surface area (Å²) in [5.74, 6) is -0.219. The van der Waals surface area contributed by atoms with Crippen LogP contribution in [-0.4, -0.2) is 5.16 Å². The number of aromatic nitrogens is 1. The average Bonchev–Trinajstić information content (AvgIpc) is 2.69. The van der Waals surface area contributed by atoms with Crippen LogP contribution in [0.5, 0.6) is 0 Å². The molecule has 0 unspecified atom stereocenters. The summed E-state index contributed by atoms with van der Waals surface area (Å²) >= 11 is 0. The second-order valence-corrected chi connectivity index (χ2v) is 3.35. The highest BCUT2D eigenvalue weighted by molar-refractivity contribution is 5.50. The minimum Gasteiger partial charge on any atom is -0.381 e. The van der Waals surface area contributed by atoms with Gasteiger partial charge >= 0.3 is 0 Å². The fourth-order valence-corrected chi connectivity index (χ4v) is 1.34. The van der Waals surface area contributed by atoms with Gasteiger partial charge in [0.15, 0.2) is 0 Å². The van der Waals surface area contributed by atoms with E-state index in [2.05, 4.69) is 10.5 Å². The molecule has 2 aromatic rings. The smallest absolute Gasteiger partial charge is 0.128 e. The van der Waals surface area contributed by atoms with Gasteiger partial charge in [-0.15, -0.1) is 0 Å². The highest BCUT2D eigenvalue weighted by Crippen LogP contribution is 2.16. The van der Waals surface area contributed by atoms with E-state index in [0.717, 1.165) is 16.8 Å². The summed E-state index contributed by atoms with van der Waals surface area (Å²) in [5.41, 5.74) is 2.75. The quantitative estimate of drug-likeness (QED) is 0.839. The monoisotopic (exact) mass is 206 g/mol. The molecule has 0 spiro atoms. The van der Waals surface area contributed by atoms with Crippen molar-refractivity contribution in [1.29, 1.82) is 0 Å². The molecular formula is C11H11FN2O. The number of nitrogens with one attached hydrogen (secondary N) is 1. The number of hydrogen-bond acceptors (Lipinski definition) is 3. The van der Waals surface area contributed by atoms with Gasteiger partial charge in [-0.05, 0) is 30.7 Å². The molecule has 0 aliphatic heterocycles. The summed E-state index contributed by atoms with van der Waals surface area (Å²) in [6.07, 6.45) is 3.22. The topological polar surface area (TPSA) is 38.1 Å². The Kier molecular flexibility index (Phi) is 2.67. The third-order valence-corrected chi connectivity index (χ3v) is 2.15. The highest BCUT2D eigenvalue weighted by Gasteiger charge is 2.00. The molecule has 0 aliphatic carbocycles. The van der Waals surface area contributed by atoms with Gasteiger partial charge in [0, 0.05) is 17.8 Å². The van der Waals surface area contributed by atoms with Crippen LogP contribution in [-0.2, 0) is 6.54 Å². The number of rotatable bonds is 3. The summed E-state index contributed by atoms with van der Waals surface area (Å²) in [6.45, 7) is 2.48. The lowest BCUT2D eigenvalue weighted by atomic mass is 10.2. The number of nitrogens with zero attached hydrogens (tertiary/aromatic N) is 1.